The molecule has 2 aromatic carbocycles. The van der Waals surface area contributed by atoms with Crippen molar-refractivity contribution in [2.75, 3.05) is 11.9 Å². The van der Waals surface area contributed by atoms with Gasteiger partial charge >= 0.3 is 5.97 Å². The highest BCUT2D eigenvalue weighted by molar-refractivity contribution is 6.35. The van der Waals surface area contributed by atoms with Crippen LogP contribution in [0.4, 0.5) is 5.69 Å². The van der Waals surface area contributed by atoms with Gasteiger partial charge in [-0.15, -0.1) is 0 Å². The van der Waals surface area contributed by atoms with Crippen molar-refractivity contribution in [2.24, 2.45) is 4.99 Å². The van der Waals surface area contributed by atoms with Gasteiger partial charge in [-0.25, -0.2) is 4.99 Å². The molecule has 3 N–H and O–H groups in total. The lowest BCUT2D eigenvalue weighted by molar-refractivity contribution is -0.135. The zero-order chi connectivity index (χ0) is 17.5. The Labute approximate surface area is 150 Å². The Morgan fingerprint density at radius 1 is 1.17 bits per heavy atom. The number of carbonyl (C=O) groups is 1. The Hall–Kier alpha value is -2.24. The van der Waals surface area contributed by atoms with E-state index in [4.69, 9.17) is 28.3 Å². The largest absolute Gasteiger partial charge is 0.480 e. The smallest absolute Gasteiger partial charge is 0.325 e. The molecule has 2 rings (SSSR count). The van der Waals surface area contributed by atoms with Crippen molar-refractivity contribution in [1.82, 2.24) is 5.32 Å². The second kappa shape index (κ2) is 8.57. The van der Waals surface area contributed by atoms with Crippen molar-refractivity contribution < 1.29 is 9.90 Å². The molecular weight excluding hydrogens is 349 g/mol. The number of guanidine groups is 1. The normalized spacial score (nSPS) is 12.5. The summed E-state index contributed by atoms with van der Waals surface area (Å²) in [6.07, 6.45) is 0. The van der Waals surface area contributed by atoms with Crippen LogP contribution in [0.15, 0.2) is 53.5 Å². The number of carboxylic acids is 1. The van der Waals surface area contributed by atoms with Gasteiger partial charge in [0.2, 0.25) is 0 Å². The molecule has 0 spiro atoms. The van der Waals surface area contributed by atoms with Crippen LogP contribution in [0, 0.1) is 0 Å². The van der Waals surface area contributed by atoms with Crippen LogP contribution in [0.25, 0.3) is 0 Å². The van der Waals surface area contributed by atoms with E-state index in [0.717, 1.165) is 5.56 Å². The zero-order valence-electron chi connectivity index (χ0n) is 13.0. The number of rotatable bonds is 5. The van der Waals surface area contributed by atoms with Crippen LogP contribution >= 0.6 is 23.2 Å². The number of hydrogen-bond acceptors (Lipinski definition) is 2. The standard InChI is InChI=1S/C17H17Cl2N3O2/c1-11(12-5-3-2-4-6-12)21-17(20-10-16(23)24)22-15-8-13(18)7-14(19)9-15/h2-9,11H,10H2,1H3,(H,23,24)(H2,20,21,22)/t11-/m0/s1. The third-order valence-corrected chi connectivity index (χ3v) is 3.59. The van der Waals surface area contributed by atoms with E-state index < -0.39 is 5.97 Å². The maximum absolute atomic E-state index is 10.8. The number of hydrogen-bond donors (Lipinski definition) is 3. The summed E-state index contributed by atoms with van der Waals surface area (Å²) in [5.41, 5.74) is 1.66. The van der Waals surface area contributed by atoms with Gasteiger partial charge in [-0.1, -0.05) is 53.5 Å². The number of carboxylic acid groups (broad SMARTS) is 1. The molecule has 0 aliphatic carbocycles. The summed E-state index contributed by atoms with van der Waals surface area (Å²) in [6.45, 7) is 1.60. The minimum absolute atomic E-state index is 0.0686. The minimum Gasteiger partial charge on any atom is -0.480 e. The first-order chi connectivity index (χ1) is 11.4. The molecule has 0 saturated carbocycles. The average molecular weight is 366 g/mol. The maximum Gasteiger partial charge on any atom is 0.325 e. The number of benzene rings is 2. The van der Waals surface area contributed by atoms with Crippen molar-refractivity contribution >= 4 is 40.8 Å². The first-order valence-corrected chi connectivity index (χ1v) is 8.00. The van der Waals surface area contributed by atoms with Gasteiger partial charge in [-0.3, -0.25) is 4.79 Å². The molecule has 0 saturated heterocycles. The van der Waals surface area contributed by atoms with Gasteiger partial charge in [0.05, 0.1) is 6.04 Å². The van der Waals surface area contributed by atoms with Crippen molar-refractivity contribution in [2.45, 2.75) is 13.0 Å². The van der Waals surface area contributed by atoms with Crippen LogP contribution in [0.3, 0.4) is 0 Å². The Morgan fingerprint density at radius 3 is 2.38 bits per heavy atom. The quantitative estimate of drug-likeness (QED) is 0.548. The second-order valence-corrected chi connectivity index (χ2v) is 5.99. The molecule has 24 heavy (non-hydrogen) atoms. The molecule has 0 radical (unpaired) electrons. The van der Waals surface area contributed by atoms with Crippen LogP contribution in [0.1, 0.15) is 18.5 Å². The summed E-state index contributed by atoms with van der Waals surface area (Å²) in [4.78, 5) is 14.9. The lowest BCUT2D eigenvalue weighted by Crippen LogP contribution is -2.33. The molecule has 0 aliphatic rings. The van der Waals surface area contributed by atoms with Gasteiger partial charge in [0.25, 0.3) is 0 Å². The molecular formula is C17H17Cl2N3O2. The molecule has 0 amide bonds. The predicted molar refractivity (Wildman–Crippen MR) is 98.0 cm³/mol. The summed E-state index contributed by atoms with van der Waals surface area (Å²) >= 11 is 12.0. The van der Waals surface area contributed by atoms with E-state index >= 15 is 0 Å². The lowest BCUT2D eigenvalue weighted by Gasteiger charge is -2.19. The van der Waals surface area contributed by atoms with Crippen LogP contribution in [0.5, 0.6) is 0 Å². The summed E-state index contributed by atoms with van der Waals surface area (Å²) in [5.74, 6) is -0.695. The second-order valence-electron chi connectivity index (χ2n) is 5.12. The molecule has 2 aromatic rings. The van der Waals surface area contributed by atoms with Gasteiger partial charge in [0.1, 0.15) is 6.54 Å². The first-order valence-electron chi connectivity index (χ1n) is 7.25. The number of nitrogens with zero attached hydrogens (tertiary/aromatic N) is 1. The van der Waals surface area contributed by atoms with E-state index in [1.807, 2.05) is 37.3 Å². The van der Waals surface area contributed by atoms with Crippen molar-refractivity contribution in [3.8, 4) is 0 Å². The van der Waals surface area contributed by atoms with E-state index in [2.05, 4.69) is 15.6 Å². The molecule has 0 bridgehead atoms. The fraction of sp³-hybridized carbons (Fsp3) is 0.176. The molecule has 0 fully saturated rings. The molecule has 0 aliphatic heterocycles. The summed E-state index contributed by atoms with van der Waals surface area (Å²) in [7, 11) is 0. The predicted octanol–water partition coefficient (Wildman–Crippen LogP) is 4.20. The highest BCUT2D eigenvalue weighted by Gasteiger charge is 2.09. The number of nitrogens with one attached hydrogen (secondary N) is 2. The molecule has 126 valence electrons. The minimum atomic E-state index is -1.02. The fourth-order valence-corrected chi connectivity index (χ4v) is 2.59. The van der Waals surface area contributed by atoms with E-state index in [1.54, 1.807) is 18.2 Å². The SMILES string of the molecule is C[C@H](NC(=NCC(=O)O)Nc1cc(Cl)cc(Cl)c1)c1ccccc1. The molecule has 1 atom stereocenters. The average Bonchev–Trinajstić information content (AvgIpc) is 2.52. The lowest BCUT2D eigenvalue weighted by atomic mass is 10.1. The number of aliphatic imine (C=N–C) groups is 1. The van der Waals surface area contributed by atoms with Crippen LogP contribution in [0.2, 0.25) is 10.0 Å². The Balaban J connectivity index is 2.18. The Bertz CT molecular complexity index is 716. The summed E-state index contributed by atoms with van der Waals surface area (Å²) in [6, 6.07) is 14.7. The molecule has 7 heteroatoms. The topological polar surface area (TPSA) is 73.7 Å². The number of anilines is 1. The van der Waals surface area contributed by atoms with Crippen LogP contribution < -0.4 is 10.6 Å². The third kappa shape index (κ3) is 5.76. The van der Waals surface area contributed by atoms with Crippen LogP contribution in [-0.2, 0) is 4.79 Å². The third-order valence-electron chi connectivity index (χ3n) is 3.15. The van der Waals surface area contributed by atoms with E-state index in [-0.39, 0.29) is 12.6 Å². The van der Waals surface area contributed by atoms with Crippen molar-refractivity contribution in [3.05, 3.63) is 64.1 Å². The summed E-state index contributed by atoms with van der Waals surface area (Å²) < 4.78 is 0. The molecule has 5 nitrogen and oxygen atoms in total. The number of halogens is 2. The van der Waals surface area contributed by atoms with Gasteiger partial charge in [-0.2, -0.15) is 0 Å². The zero-order valence-corrected chi connectivity index (χ0v) is 14.5. The van der Waals surface area contributed by atoms with E-state index in [1.165, 1.54) is 0 Å². The van der Waals surface area contributed by atoms with Gasteiger partial charge in [-0.05, 0) is 30.7 Å². The number of aliphatic carboxylic acids is 1. The van der Waals surface area contributed by atoms with E-state index in [0.29, 0.717) is 21.7 Å². The van der Waals surface area contributed by atoms with Crippen molar-refractivity contribution in [1.29, 1.82) is 0 Å². The van der Waals surface area contributed by atoms with E-state index in [9.17, 15) is 4.79 Å². The first kappa shape index (κ1) is 18.1. The molecule has 0 aromatic heterocycles. The highest BCUT2D eigenvalue weighted by Crippen LogP contribution is 2.22. The molecule has 0 unspecified atom stereocenters. The van der Waals surface area contributed by atoms with Gasteiger partial charge in [0.15, 0.2) is 5.96 Å². The van der Waals surface area contributed by atoms with Crippen molar-refractivity contribution in [3.63, 3.8) is 0 Å². The van der Waals surface area contributed by atoms with Gasteiger partial charge < -0.3 is 15.7 Å². The summed E-state index contributed by atoms with van der Waals surface area (Å²) in [5, 5.41) is 16.0. The maximum atomic E-state index is 10.8. The Kier molecular flexibility index (Phi) is 6.46. The van der Waals surface area contributed by atoms with Crippen LogP contribution in [-0.4, -0.2) is 23.6 Å². The molecule has 0 heterocycles. The highest BCUT2D eigenvalue weighted by atomic mass is 35.5. The fourth-order valence-electron chi connectivity index (χ4n) is 2.06. The van der Waals surface area contributed by atoms with Gasteiger partial charge in [0, 0.05) is 15.7 Å². The monoisotopic (exact) mass is 365 g/mol. The Morgan fingerprint density at radius 2 is 1.79 bits per heavy atom.